The number of aromatic nitrogens is 1. The van der Waals surface area contributed by atoms with Gasteiger partial charge in [0, 0.05) is 24.0 Å². The summed E-state index contributed by atoms with van der Waals surface area (Å²) in [5.41, 5.74) is 1.03. The molecule has 1 aliphatic rings. The van der Waals surface area contributed by atoms with E-state index in [1.807, 2.05) is 18.2 Å². The minimum Gasteiger partial charge on any atom is -0.338 e. The van der Waals surface area contributed by atoms with Gasteiger partial charge in [0.05, 0.1) is 20.8 Å². The maximum Gasteiger partial charge on any atom is 0.256 e. The molecule has 0 unspecified atom stereocenters. The minimum atomic E-state index is -0.531. The maximum absolute atomic E-state index is 14.0. The smallest absolute Gasteiger partial charge is 0.256 e. The predicted octanol–water partition coefficient (Wildman–Crippen LogP) is 5.11. The van der Waals surface area contributed by atoms with E-state index in [1.54, 1.807) is 16.2 Å². The van der Waals surface area contributed by atoms with Crippen LogP contribution in [0.2, 0.25) is 5.02 Å². The van der Waals surface area contributed by atoms with E-state index in [1.165, 1.54) is 18.2 Å². The number of carbonyl (C=O) groups is 1. The van der Waals surface area contributed by atoms with Gasteiger partial charge in [0.15, 0.2) is 0 Å². The van der Waals surface area contributed by atoms with Crippen molar-refractivity contribution in [2.45, 2.75) is 18.8 Å². The molecule has 1 aromatic heterocycles. The monoisotopic (exact) mass is 374 g/mol. The first-order valence-corrected chi connectivity index (χ1v) is 9.41. The average Bonchev–Trinajstić information content (AvgIpc) is 3.07. The molecule has 0 saturated carbocycles. The second-order valence-electron chi connectivity index (χ2n) is 6.23. The van der Waals surface area contributed by atoms with Gasteiger partial charge in [-0.3, -0.25) is 4.79 Å². The molecule has 1 fully saturated rings. The van der Waals surface area contributed by atoms with E-state index in [0.717, 1.165) is 28.1 Å². The number of piperidine rings is 1. The highest BCUT2D eigenvalue weighted by atomic mass is 35.5. The van der Waals surface area contributed by atoms with Crippen molar-refractivity contribution < 1.29 is 9.18 Å². The topological polar surface area (TPSA) is 33.2 Å². The van der Waals surface area contributed by atoms with Gasteiger partial charge in [-0.05, 0) is 43.2 Å². The van der Waals surface area contributed by atoms with Crippen molar-refractivity contribution in [2.24, 2.45) is 0 Å². The molecule has 0 N–H and O–H groups in total. The molecule has 25 heavy (non-hydrogen) atoms. The summed E-state index contributed by atoms with van der Waals surface area (Å²) in [6.45, 7) is 1.19. The molecule has 0 spiro atoms. The van der Waals surface area contributed by atoms with Crippen molar-refractivity contribution in [3.8, 4) is 0 Å². The molecular formula is C19H16ClFN2OS. The van der Waals surface area contributed by atoms with Crippen LogP contribution in [-0.4, -0.2) is 28.9 Å². The number of fused-ring (bicyclic) bond motifs is 1. The molecular weight excluding hydrogens is 359 g/mol. The number of hydrogen-bond acceptors (Lipinski definition) is 3. The summed E-state index contributed by atoms with van der Waals surface area (Å²) in [5.74, 6) is -0.639. The van der Waals surface area contributed by atoms with Gasteiger partial charge >= 0.3 is 0 Å². The number of para-hydroxylation sites is 1. The molecule has 3 aromatic rings. The van der Waals surface area contributed by atoms with Crippen LogP contribution in [0.15, 0.2) is 42.5 Å². The Balaban J connectivity index is 1.58. The highest BCUT2D eigenvalue weighted by Gasteiger charge is 2.28. The number of hydrogen-bond donors (Lipinski definition) is 0. The van der Waals surface area contributed by atoms with Crippen LogP contribution in [0.25, 0.3) is 10.2 Å². The fourth-order valence-electron chi connectivity index (χ4n) is 3.26. The third-order valence-corrected chi connectivity index (χ3v) is 5.96. The number of benzene rings is 2. The van der Waals surface area contributed by atoms with Crippen LogP contribution in [-0.2, 0) is 0 Å². The third kappa shape index (κ3) is 3.26. The Kier molecular flexibility index (Phi) is 4.44. The van der Waals surface area contributed by atoms with Gasteiger partial charge < -0.3 is 4.90 Å². The van der Waals surface area contributed by atoms with E-state index in [4.69, 9.17) is 16.6 Å². The van der Waals surface area contributed by atoms with Gasteiger partial charge in [0.1, 0.15) is 5.82 Å². The average molecular weight is 375 g/mol. The van der Waals surface area contributed by atoms with E-state index < -0.39 is 5.82 Å². The third-order valence-electron chi connectivity index (χ3n) is 4.53. The standard InChI is InChI=1S/C19H16ClFN2OS/c20-13-7-8-15(21)14(10-13)19(24)23-9-3-4-12(11-23)18-22-16-5-1-2-6-17(16)25-18/h1-2,5-8,10,12H,3-4,9,11H2/t12-/m0/s1. The van der Waals surface area contributed by atoms with Crippen LogP contribution >= 0.6 is 22.9 Å². The number of halogens is 2. The zero-order valence-corrected chi connectivity index (χ0v) is 15.0. The summed E-state index contributed by atoms with van der Waals surface area (Å²) in [5, 5.41) is 1.41. The van der Waals surface area contributed by atoms with Crippen LogP contribution in [0.1, 0.15) is 34.1 Å². The number of nitrogens with zero attached hydrogens (tertiary/aromatic N) is 2. The lowest BCUT2D eigenvalue weighted by Crippen LogP contribution is -2.39. The van der Waals surface area contributed by atoms with Crippen LogP contribution in [0, 0.1) is 5.82 Å². The van der Waals surface area contributed by atoms with E-state index in [2.05, 4.69) is 6.07 Å². The zero-order valence-electron chi connectivity index (χ0n) is 13.4. The largest absolute Gasteiger partial charge is 0.338 e. The Hall–Kier alpha value is -1.98. The molecule has 2 heterocycles. The Labute approximate surface area is 154 Å². The van der Waals surface area contributed by atoms with Crippen molar-refractivity contribution in [1.82, 2.24) is 9.88 Å². The van der Waals surface area contributed by atoms with E-state index in [9.17, 15) is 9.18 Å². The molecule has 1 atom stereocenters. The fourth-order valence-corrected chi connectivity index (χ4v) is 4.52. The Morgan fingerprint density at radius 1 is 1.28 bits per heavy atom. The first-order valence-electron chi connectivity index (χ1n) is 8.21. The van der Waals surface area contributed by atoms with Crippen LogP contribution < -0.4 is 0 Å². The summed E-state index contributed by atoms with van der Waals surface area (Å²) in [4.78, 5) is 19.2. The number of carbonyl (C=O) groups excluding carboxylic acids is 1. The van der Waals surface area contributed by atoms with Crippen LogP contribution in [0.4, 0.5) is 4.39 Å². The lowest BCUT2D eigenvalue weighted by molar-refractivity contribution is 0.0702. The molecule has 2 aromatic carbocycles. The van der Waals surface area contributed by atoms with Gasteiger partial charge in [-0.1, -0.05) is 23.7 Å². The minimum absolute atomic E-state index is 0.0393. The van der Waals surface area contributed by atoms with Crippen molar-refractivity contribution in [1.29, 1.82) is 0 Å². The van der Waals surface area contributed by atoms with E-state index >= 15 is 0 Å². The van der Waals surface area contributed by atoms with Crippen molar-refractivity contribution in [3.05, 3.63) is 63.9 Å². The number of amides is 1. The summed E-state index contributed by atoms with van der Waals surface area (Å²) in [6, 6.07) is 12.1. The quantitative estimate of drug-likeness (QED) is 0.624. The van der Waals surface area contributed by atoms with Gasteiger partial charge in [-0.25, -0.2) is 9.37 Å². The molecule has 1 saturated heterocycles. The summed E-state index contributed by atoms with van der Waals surface area (Å²) >= 11 is 7.60. The highest BCUT2D eigenvalue weighted by molar-refractivity contribution is 7.18. The maximum atomic E-state index is 14.0. The molecule has 4 rings (SSSR count). The lowest BCUT2D eigenvalue weighted by atomic mass is 9.98. The van der Waals surface area contributed by atoms with Crippen LogP contribution in [0.5, 0.6) is 0 Å². The highest BCUT2D eigenvalue weighted by Crippen LogP contribution is 2.33. The normalized spacial score (nSPS) is 17.8. The Morgan fingerprint density at radius 3 is 2.96 bits per heavy atom. The number of thiazole rings is 1. The van der Waals surface area contributed by atoms with Crippen molar-refractivity contribution in [2.75, 3.05) is 13.1 Å². The fraction of sp³-hybridized carbons (Fsp3) is 0.263. The summed E-state index contributed by atoms with van der Waals surface area (Å²) in [6.07, 6.45) is 1.87. The zero-order chi connectivity index (χ0) is 17.4. The summed E-state index contributed by atoms with van der Waals surface area (Å²) < 4.78 is 15.2. The number of likely N-dealkylation sites (tertiary alicyclic amines) is 1. The van der Waals surface area contributed by atoms with Crippen molar-refractivity contribution >= 4 is 39.1 Å². The Bertz CT molecular complexity index is 909. The molecule has 128 valence electrons. The predicted molar refractivity (Wildman–Crippen MR) is 98.9 cm³/mol. The Morgan fingerprint density at radius 2 is 2.12 bits per heavy atom. The van der Waals surface area contributed by atoms with Gasteiger partial charge in [0.2, 0.25) is 0 Å². The molecule has 1 aliphatic heterocycles. The van der Waals surface area contributed by atoms with Crippen LogP contribution in [0.3, 0.4) is 0 Å². The molecule has 0 aliphatic carbocycles. The molecule has 6 heteroatoms. The second kappa shape index (κ2) is 6.73. The number of rotatable bonds is 2. The van der Waals surface area contributed by atoms with Gasteiger partial charge in [-0.2, -0.15) is 0 Å². The molecule has 3 nitrogen and oxygen atoms in total. The first-order chi connectivity index (χ1) is 12.1. The second-order valence-corrected chi connectivity index (χ2v) is 7.73. The molecule has 0 bridgehead atoms. The molecule has 0 radical (unpaired) electrons. The SMILES string of the molecule is O=C(c1cc(Cl)ccc1F)N1CCC[C@H](c2nc3ccccc3s2)C1. The van der Waals surface area contributed by atoms with E-state index in [-0.39, 0.29) is 17.4 Å². The van der Waals surface area contributed by atoms with Gasteiger partial charge in [-0.15, -0.1) is 11.3 Å². The van der Waals surface area contributed by atoms with E-state index in [0.29, 0.717) is 18.1 Å². The van der Waals surface area contributed by atoms with Gasteiger partial charge in [0.25, 0.3) is 5.91 Å². The van der Waals surface area contributed by atoms with Crippen molar-refractivity contribution in [3.63, 3.8) is 0 Å². The molecule has 1 amide bonds. The lowest BCUT2D eigenvalue weighted by Gasteiger charge is -2.32. The first kappa shape index (κ1) is 16.5. The summed E-state index contributed by atoms with van der Waals surface area (Å²) in [7, 11) is 0.